The first-order valence-corrected chi connectivity index (χ1v) is 6.81. The van der Waals surface area contributed by atoms with E-state index in [-0.39, 0.29) is 0 Å². The van der Waals surface area contributed by atoms with Crippen molar-refractivity contribution in [2.75, 3.05) is 17.7 Å². The van der Waals surface area contributed by atoms with Gasteiger partial charge in [0.05, 0.1) is 22.5 Å². The number of benzene rings is 1. The molecule has 5 heteroatoms. The maximum atomic E-state index is 5.79. The van der Waals surface area contributed by atoms with Crippen LogP contribution in [0.2, 0.25) is 0 Å². The third-order valence-electron chi connectivity index (χ3n) is 2.85. The Morgan fingerprint density at radius 3 is 2.95 bits per heavy atom. The minimum Gasteiger partial charge on any atom is -0.399 e. The Balaban J connectivity index is 1.87. The second-order valence-electron chi connectivity index (χ2n) is 4.40. The summed E-state index contributed by atoms with van der Waals surface area (Å²) >= 11 is 1.65. The molecular formula is C14H14N4S. The van der Waals surface area contributed by atoms with Crippen LogP contribution >= 0.6 is 11.3 Å². The molecule has 0 atom stereocenters. The molecule has 0 spiro atoms. The SMILES string of the molecule is CN(Cc1ccccn1)c1nc2ccc(N)cc2s1. The van der Waals surface area contributed by atoms with Gasteiger partial charge in [-0.3, -0.25) is 4.98 Å². The molecule has 1 aromatic carbocycles. The molecule has 96 valence electrons. The molecule has 0 aliphatic rings. The molecule has 0 aliphatic carbocycles. The molecule has 3 rings (SSSR count). The summed E-state index contributed by atoms with van der Waals surface area (Å²) in [7, 11) is 2.02. The topological polar surface area (TPSA) is 55.0 Å². The fourth-order valence-electron chi connectivity index (χ4n) is 1.89. The lowest BCUT2D eigenvalue weighted by atomic mass is 10.3. The summed E-state index contributed by atoms with van der Waals surface area (Å²) in [4.78, 5) is 11.0. The molecule has 2 aromatic heterocycles. The minimum absolute atomic E-state index is 0.746. The zero-order valence-electron chi connectivity index (χ0n) is 10.6. The standard InChI is InChI=1S/C14H14N4S/c1-18(9-11-4-2-3-7-16-11)14-17-12-6-5-10(15)8-13(12)19-14/h2-8H,9,15H2,1H3. The van der Waals surface area contributed by atoms with Crippen LogP contribution in [0.4, 0.5) is 10.8 Å². The molecule has 0 amide bonds. The summed E-state index contributed by atoms with van der Waals surface area (Å²) in [6.45, 7) is 0.746. The number of fused-ring (bicyclic) bond motifs is 1. The molecule has 0 saturated carbocycles. The highest BCUT2D eigenvalue weighted by Gasteiger charge is 2.09. The average molecular weight is 270 g/mol. The molecular weight excluding hydrogens is 256 g/mol. The molecule has 4 nitrogen and oxygen atoms in total. The van der Waals surface area contributed by atoms with Crippen molar-refractivity contribution < 1.29 is 0 Å². The Bertz CT molecular complexity index is 693. The van der Waals surface area contributed by atoms with Crippen molar-refractivity contribution in [1.82, 2.24) is 9.97 Å². The molecule has 2 heterocycles. The molecule has 0 saturated heterocycles. The number of pyridine rings is 1. The van der Waals surface area contributed by atoms with Crippen LogP contribution in [0.25, 0.3) is 10.2 Å². The van der Waals surface area contributed by atoms with E-state index in [0.29, 0.717) is 0 Å². The van der Waals surface area contributed by atoms with Gasteiger partial charge < -0.3 is 10.6 Å². The minimum atomic E-state index is 0.746. The average Bonchev–Trinajstić information content (AvgIpc) is 2.83. The fourth-order valence-corrected chi connectivity index (χ4v) is 2.87. The van der Waals surface area contributed by atoms with Gasteiger partial charge >= 0.3 is 0 Å². The van der Waals surface area contributed by atoms with Crippen molar-refractivity contribution in [3.05, 3.63) is 48.3 Å². The van der Waals surface area contributed by atoms with Gasteiger partial charge in [-0.15, -0.1) is 0 Å². The van der Waals surface area contributed by atoms with E-state index in [1.807, 2.05) is 49.6 Å². The highest BCUT2D eigenvalue weighted by molar-refractivity contribution is 7.22. The van der Waals surface area contributed by atoms with Crippen molar-refractivity contribution in [2.45, 2.75) is 6.54 Å². The maximum absolute atomic E-state index is 5.79. The van der Waals surface area contributed by atoms with Gasteiger partial charge in [-0.05, 0) is 30.3 Å². The van der Waals surface area contributed by atoms with Crippen LogP contribution in [0.1, 0.15) is 5.69 Å². The molecule has 0 aliphatic heterocycles. The van der Waals surface area contributed by atoms with E-state index in [0.717, 1.165) is 33.3 Å². The van der Waals surface area contributed by atoms with Gasteiger partial charge in [-0.25, -0.2) is 4.98 Å². The Labute approximate surface area is 115 Å². The van der Waals surface area contributed by atoms with E-state index in [1.165, 1.54) is 0 Å². The van der Waals surface area contributed by atoms with Crippen LogP contribution < -0.4 is 10.6 Å². The lowest BCUT2D eigenvalue weighted by molar-refractivity contribution is 0.881. The van der Waals surface area contributed by atoms with Crippen LogP contribution in [0, 0.1) is 0 Å². The van der Waals surface area contributed by atoms with Crippen molar-refractivity contribution in [2.24, 2.45) is 0 Å². The second-order valence-corrected chi connectivity index (χ2v) is 5.41. The predicted octanol–water partition coefficient (Wildman–Crippen LogP) is 2.91. The van der Waals surface area contributed by atoms with E-state index < -0.39 is 0 Å². The number of nitrogen functional groups attached to an aromatic ring is 1. The van der Waals surface area contributed by atoms with Crippen molar-refractivity contribution in [3.8, 4) is 0 Å². The van der Waals surface area contributed by atoms with Crippen LogP contribution in [0.15, 0.2) is 42.6 Å². The van der Waals surface area contributed by atoms with E-state index in [4.69, 9.17) is 5.73 Å². The first-order valence-electron chi connectivity index (χ1n) is 5.99. The number of rotatable bonds is 3. The highest BCUT2D eigenvalue weighted by Crippen LogP contribution is 2.29. The van der Waals surface area contributed by atoms with Crippen molar-refractivity contribution in [1.29, 1.82) is 0 Å². The number of thiazole rings is 1. The zero-order chi connectivity index (χ0) is 13.2. The predicted molar refractivity (Wildman–Crippen MR) is 80.4 cm³/mol. The zero-order valence-corrected chi connectivity index (χ0v) is 11.4. The molecule has 0 bridgehead atoms. The monoisotopic (exact) mass is 270 g/mol. The third kappa shape index (κ3) is 2.51. The molecule has 0 radical (unpaired) electrons. The third-order valence-corrected chi connectivity index (χ3v) is 3.99. The normalized spacial score (nSPS) is 10.8. The van der Waals surface area contributed by atoms with Crippen molar-refractivity contribution >= 4 is 32.4 Å². The number of nitrogens with zero attached hydrogens (tertiary/aromatic N) is 3. The van der Waals surface area contributed by atoms with Gasteiger partial charge in [0, 0.05) is 18.9 Å². The quantitative estimate of drug-likeness (QED) is 0.743. The van der Waals surface area contributed by atoms with E-state index in [1.54, 1.807) is 11.3 Å². The number of anilines is 2. The Morgan fingerprint density at radius 2 is 2.16 bits per heavy atom. The van der Waals surface area contributed by atoms with Crippen LogP contribution in [-0.4, -0.2) is 17.0 Å². The summed E-state index contributed by atoms with van der Waals surface area (Å²) in [5.74, 6) is 0. The second kappa shape index (κ2) is 4.85. The number of hydrogen-bond acceptors (Lipinski definition) is 5. The summed E-state index contributed by atoms with van der Waals surface area (Å²) in [6.07, 6.45) is 1.81. The van der Waals surface area contributed by atoms with Gasteiger partial charge in [0.25, 0.3) is 0 Å². The van der Waals surface area contributed by atoms with Crippen LogP contribution in [-0.2, 0) is 6.54 Å². The van der Waals surface area contributed by atoms with Crippen LogP contribution in [0.3, 0.4) is 0 Å². The van der Waals surface area contributed by atoms with E-state index in [9.17, 15) is 0 Å². The van der Waals surface area contributed by atoms with Crippen molar-refractivity contribution in [3.63, 3.8) is 0 Å². The van der Waals surface area contributed by atoms with E-state index >= 15 is 0 Å². The fraction of sp³-hybridized carbons (Fsp3) is 0.143. The van der Waals surface area contributed by atoms with Gasteiger partial charge in [0.2, 0.25) is 0 Å². The summed E-state index contributed by atoms with van der Waals surface area (Å²) in [6, 6.07) is 11.7. The largest absolute Gasteiger partial charge is 0.399 e. The first-order chi connectivity index (χ1) is 9.22. The lowest BCUT2D eigenvalue weighted by Crippen LogP contribution is -2.16. The number of hydrogen-bond donors (Lipinski definition) is 1. The van der Waals surface area contributed by atoms with Crippen LogP contribution in [0.5, 0.6) is 0 Å². The first kappa shape index (κ1) is 11.9. The highest BCUT2D eigenvalue weighted by atomic mass is 32.1. The molecule has 0 unspecified atom stereocenters. The van der Waals surface area contributed by atoms with Gasteiger partial charge in [0.1, 0.15) is 0 Å². The summed E-state index contributed by atoms with van der Waals surface area (Å²) in [5.41, 5.74) is 8.58. The van der Waals surface area contributed by atoms with E-state index in [2.05, 4.69) is 14.9 Å². The Morgan fingerprint density at radius 1 is 1.26 bits per heavy atom. The summed E-state index contributed by atoms with van der Waals surface area (Å²) in [5, 5.41) is 0.978. The Hall–Kier alpha value is -2.14. The Kier molecular flexibility index (Phi) is 3.05. The summed E-state index contributed by atoms with van der Waals surface area (Å²) < 4.78 is 1.11. The lowest BCUT2D eigenvalue weighted by Gasteiger charge is -2.14. The molecule has 19 heavy (non-hydrogen) atoms. The van der Waals surface area contributed by atoms with Gasteiger partial charge in [-0.2, -0.15) is 0 Å². The molecule has 0 fully saturated rings. The molecule has 3 aromatic rings. The number of nitrogens with two attached hydrogens (primary N) is 1. The smallest absolute Gasteiger partial charge is 0.186 e. The molecule has 2 N–H and O–H groups in total. The maximum Gasteiger partial charge on any atom is 0.186 e. The van der Waals surface area contributed by atoms with Gasteiger partial charge in [-0.1, -0.05) is 17.4 Å². The number of aromatic nitrogens is 2. The van der Waals surface area contributed by atoms with Gasteiger partial charge in [0.15, 0.2) is 5.13 Å².